The first-order chi connectivity index (χ1) is 36.9. The summed E-state index contributed by atoms with van der Waals surface area (Å²) in [5.74, 6) is -8.23. The van der Waals surface area contributed by atoms with E-state index in [9.17, 15) is 68.1 Å². The van der Waals surface area contributed by atoms with Crippen molar-refractivity contribution in [3.05, 3.63) is 0 Å². The fraction of sp³-hybridized carbons (Fsp3) is 0.796. The van der Waals surface area contributed by atoms with Gasteiger partial charge in [0.05, 0.1) is 39.0 Å². The Morgan fingerprint density at radius 1 is 0.390 bits per heavy atom. The van der Waals surface area contributed by atoms with Crippen LogP contribution in [0.5, 0.6) is 0 Å². The van der Waals surface area contributed by atoms with Crippen LogP contribution in [-0.2, 0) is 71.7 Å². The van der Waals surface area contributed by atoms with Crippen molar-refractivity contribution in [2.24, 2.45) is 11.8 Å². The lowest BCUT2D eigenvalue weighted by molar-refractivity contribution is -0.145. The Morgan fingerprint density at radius 2 is 0.883 bits per heavy atom. The molecule has 0 spiro atoms. The van der Waals surface area contributed by atoms with Crippen LogP contribution in [0.1, 0.15) is 187 Å². The zero-order chi connectivity index (χ0) is 57.5. The molecule has 23 heteroatoms. The largest absolute Gasteiger partial charge is 0.481 e. The quantitative estimate of drug-likeness (QED) is 0.0367. The van der Waals surface area contributed by atoms with Gasteiger partial charge in [0.15, 0.2) is 5.78 Å². The monoisotopic (exact) mass is 1100 g/mol. The van der Waals surface area contributed by atoms with E-state index in [4.69, 9.17) is 24.1 Å². The van der Waals surface area contributed by atoms with Crippen LogP contribution < -0.4 is 21.3 Å². The molecule has 4 amide bonds. The lowest BCUT2D eigenvalue weighted by Gasteiger charge is -2.16. The maximum atomic E-state index is 12.5. The van der Waals surface area contributed by atoms with Gasteiger partial charge in [0, 0.05) is 70.6 Å². The topological polar surface area (TPSA) is 354 Å². The second kappa shape index (κ2) is 47.8. The van der Waals surface area contributed by atoms with Gasteiger partial charge in [-0.05, 0) is 64.7 Å². The third-order valence-corrected chi connectivity index (χ3v) is 12.6. The number of Topliss-reactive ketones (excluding diaryl/α,β-unsaturated/α-hetero) is 3. The normalized spacial score (nSPS) is 12.6. The van der Waals surface area contributed by atoms with Gasteiger partial charge in [-0.2, -0.15) is 0 Å². The van der Waals surface area contributed by atoms with E-state index in [2.05, 4.69) is 21.3 Å². The van der Waals surface area contributed by atoms with E-state index in [1.54, 1.807) is 6.92 Å². The molecule has 4 atom stereocenters. The number of rotatable bonds is 55. The molecule has 23 nitrogen and oxygen atoms in total. The first kappa shape index (κ1) is 71.6. The molecule has 0 bridgehead atoms. The van der Waals surface area contributed by atoms with Crippen LogP contribution in [-0.4, -0.2) is 163 Å². The van der Waals surface area contributed by atoms with E-state index in [1.807, 2.05) is 6.92 Å². The summed E-state index contributed by atoms with van der Waals surface area (Å²) in [5, 5.41) is 47.5. The predicted molar refractivity (Wildman–Crippen MR) is 282 cm³/mol. The van der Waals surface area contributed by atoms with Crippen LogP contribution >= 0.6 is 0 Å². The highest BCUT2D eigenvalue weighted by Crippen LogP contribution is 2.16. The van der Waals surface area contributed by atoms with Crippen LogP contribution in [0.2, 0.25) is 0 Å². The second-order valence-corrected chi connectivity index (χ2v) is 19.3. The number of carbonyl (C=O) groups excluding carboxylic acids is 7. The van der Waals surface area contributed by atoms with Gasteiger partial charge in [-0.1, -0.05) is 77.6 Å². The van der Waals surface area contributed by atoms with Gasteiger partial charge in [0.2, 0.25) is 23.6 Å². The number of carbonyl (C=O) groups is 11. The molecule has 0 aliphatic rings. The maximum Gasteiger partial charge on any atom is 0.326 e. The molecule has 77 heavy (non-hydrogen) atoms. The van der Waals surface area contributed by atoms with Crippen molar-refractivity contribution in [1.82, 2.24) is 21.3 Å². The molecule has 0 unspecified atom stereocenters. The average molecular weight is 1100 g/mol. The Bertz CT molecular complexity index is 1750. The minimum atomic E-state index is -1.37. The van der Waals surface area contributed by atoms with E-state index >= 15 is 0 Å². The van der Waals surface area contributed by atoms with Crippen LogP contribution in [0.4, 0.5) is 0 Å². The minimum absolute atomic E-state index is 0.00352. The SMILES string of the molecule is CC[C@@H](CCCCNC(=O)CC[C@H](NC(=O)CC[C@H](CC(=O)COCCOCCNC(=O)COCCOCCCC(=O)CC[C@H](NC(=O)CCCCCCCCCCCCCCC(=O)O)C(=O)O)C(=O)O)C(=O)O)C(C)=O. The molecule has 8 N–H and O–H groups in total. The van der Waals surface area contributed by atoms with E-state index in [0.29, 0.717) is 25.8 Å². The standard InChI is InChI=1S/C54H92N4O19/c1-3-41(40(2)59)19-16-17-29-55-47(62)28-26-46(54(72)73)58-49(64)27-23-42(52(68)69)37-44(61)38-76-35-34-75-32-30-56-50(65)39-77-36-33-74-31-18-20-43(60)24-25-45(53(70)71)57-48(63)21-14-12-10-8-6-4-5-7-9-11-13-15-22-51(66)67/h41-42,45-46H,3-39H2,1-2H3,(H,55,62)(H,56,65)(H,57,63)(H,58,64)(H,66,67)(H,68,69)(H,70,71)(H,72,73)/t41-,42+,45-,46-/m0/s1. The molecular formula is C54H92N4O19. The number of aliphatic carboxylic acids is 4. The van der Waals surface area contributed by atoms with Crippen LogP contribution in [0, 0.1) is 11.8 Å². The summed E-state index contributed by atoms with van der Waals surface area (Å²) < 4.78 is 21.4. The minimum Gasteiger partial charge on any atom is -0.481 e. The lowest BCUT2D eigenvalue weighted by atomic mass is 9.95. The van der Waals surface area contributed by atoms with E-state index in [-0.39, 0.29) is 140 Å². The van der Waals surface area contributed by atoms with Crippen molar-refractivity contribution in [3.8, 4) is 0 Å². The van der Waals surface area contributed by atoms with Crippen molar-refractivity contribution >= 4 is 64.9 Å². The summed E-state index contributed by atoms with van der Waals surface area (Å²) in [4.78, 5) is 131. The van der Waals surface area contributed by atoms with Gasteiger partial charge in [0.1, 0.15) is 36.9 Å². The second-order valence-electron chi connectivity index (χ2n) is 19.3. The summed E-state index contributed by atoms with van der Waals surface area (Å²) in [5.41, 5.74) is 0. The number of carboxylic acid groups (broad SMARTS) is 4. The number of ketones is 3. The zero-order valence-electron chi connectivity index (χ0n) is 45.9. The maximum absolute atomic E-state index is 12.5. The molecule has 0 aromatic heterocycles. The smallest absolute Gasteiger partial charge is 0.326 e. The number of nitrogens with one attached hydrogen (secondary N) is 4. The third-order valence-electron chi connectivity index (χ3n) is 12.6. The molecular weight excluding hydrogens is 1010 g/mol. The van der Waals surface area contributed by atoms with Crippen molar-refractivity contribution in [1.29, 1.82) is 0 Å². The molecule has 0 saturated carbocycles. The van der Waals surface area contributed by atoms with Crippen LogP contribution in [0.3, 0.4) is 0 Å². The summed E-state index contributed by atoms with van der Waals surface area (Å²) >= 11 is 0. The first-order valence-corrected chi connectivity index (χ1v) is 27.7. The Balaban J connectivity index is 3.99. The number of carboxylic acids is 4. The Labute approximate surface area is 454 Å². The van der Waals surface area contributed by atoms with E-state index in [0.717, 1.165) is 83.5 Å². The highest BCUT2D eigenvalue weighted by Gasteiger charge is 2.26. The lowest BCUT2D eigenvalue weighted by Crippen LogP contribution is -2.42. The Kier molecular flexibility index (Phi) is 44.4. The fourth-order valence-corrected chi connectivity index (χ4v) is 8.04. The summed E-state index contributed by atoms with van der Waals surface area (Å²) in [6.07, 6.45) is 14.7. The van der Waals surface area contributed by atoms with Crippen molar-refractivity contribution in [3.63, 3.8) is 0 Å². The molecule has 0 aromatic carbocycles. The molecule has 0 aliphatic carbocycles. The first-order valence-electron chi connectivity index (χ1n) is 27.7. The zero-order valence-corrected chi connectivity index (χ0v) is 45.9. The van der Waals surface area contributed by atoms with E-state index in [1.165, 1.54) is 6.42 Å². The van der Waals surface area contributed by atoms with Gasteiger partial charge < -0.3 is 60.6 Å². The number of hydrogen-bond donors (Lipinski definition) is 8. The Morgan fingerprint density at radius 3 is 1.43 bits per heavy atom. The van der Waals surface area contributed by atoms with Crippen LogP contribution in [0.25, 0.3) is 0 Å². The summed E-state index contributed by atoms with van der Waals surface area (Å²) in [6, 6.07) is -2.52. The van der Waals surface area contributed by atoms with Crippen LogP contribution in [0.15, 0.2) is 0 Å². The molecule has 0 radical (unpaired) electrons. The van der Waals surface area contributed by atoms with E-state index < -0.39 is 72.5 Å². The average Bonchev–Trinajstić information content (AvgIpc) is 3.37. The molecule has 0 aromatic rings. The molecule has 0 rings (SSSR count). The third kappa shape index (κ3) is 44.3. The van der Waals surface area contributed by atoms with Gasteiger partial charge in [-0.25, -0.2) is 9.59 Å². The molecule has 0 saturated heterocycles. The van der Waals surface area contributed by atoms with Crippen molar-refractivity contribution in [2.45, 2.75) is 199 Å². The molecule has 0 heterocycles. The van der Waals surface area contributed by atoms with Gasteiger partial charge in [0.25, 0.3) is 0 Å². The summed E-state index contributed by atoms with van der Waals surface area (Å²) in [7, 11) is 0. The van der Waals surface area contributed by atoms with Gasteiger partial charge in [-0.15, -0.1) is 0 Å². The predicted octanol–water partition coefficient (Wildman–Crippen LogP) is 5.11. The van der Waals surface area contributed by atoms with Crippen molar-refractivity contribution < 1.29 is 92.1 Å². The highest BCUT2D eigenvalue weighted by molar-refractivity contribution is 5.87. The number of unbranched alkanes of at least 4 members (excludes halogenated alkanes) is 12. The van der Waals surface area contributed by atoms with Gasteiger partial charge in [-0.3, -0.25) is 43.2 Å². The number of amides is 4. The highest BCUT2D eigenvalue weighted by atomic mass is 16.5. The van der Waals surface area contributed by atoms with Gasteiger partial charge >= 0.3 is 23.9 Å². The molecule has 0 fully saturated rings. The number of hydrogen-bond acceptors (Lipinski definition) is 15. The Hall–Kier alpha value is -5.39. The van der Waals surface area contributed by atoms with Crippen molar-refractivity contribution in [2.75, 3.05) is 65.9 Å². The molecule has 0 aliphatic heterocycles. The summed E-state index contributed by atoms with van der Waals surface area (Å²) in [6.45, 7) is 4.17. The molecule has 442 valence electrons. The number of ether oxygens (including phenoxy) is 4. The fourth-order valence-electron chi connectivity index (χ4n) is 8.04.